The molecule has 0 fully saturated rings. The van der Waals surface area contributed by atoms with Gasteiger partial charge in [0.05, 0.1) is 15.2 Å². The Bertz CT molecular complexity index is 773. The molecule has 1 heterocycles. The van der Waals surface area contributed by atoms with Crippen LogP contribution in [-0.2, 0) is 5.75 Å². The summed E-state index contributed by atoms with van der Waals surface area (Å²) in [6.07, 6.45) is 0. The highest BCUT2D eigenvalue weighted by molar-refractivity contribution is 8.00. The van der Waals surface area contributed by atoms with E-state index in [-0.39, 0.29) is 10.8 Å². The average Bonchev–Trinajstić information content (AvgIpc) is 2.82. The van der Waals surface area contributed by atoms with Gasteiger partial charge in [0.15, 0.2) is 4.34 Å². The molecule has 1 aromatic heterocycles. The van der Waals surface area contributed by atoms with Gasteiger partial charge < -0.3 is 5.73 Å². The van der Waals surface area contributed by atoms with Gasteiger partial charge >= 0.3 is 0 Å². The molecule has 2 nitrogen and oxygen atoms in total. The topological polar surface area (TPSA) is 38.9 Å². The summed E-state index contributed by atoms with van der Waals surface area (Å²) < 4.78 is 15.7. The molecule has 2 aromatic carbocycles. The van der Waals surface area contributed by atoms with E-state index in [1.807, 2.05) is 18.2 Å². The Hall–Kier alpha value is -1.30. The zero-order chi connectivity index (χ0) is 14.1. The third-order valence-corrected chi connectivity index (χ3v) is 5.28. The summed E-state index contributed by atoms with van der Waals surface area (Å²) in [5.74, 6) is 0.147. The van der Waals surface area contributed by atoms with Gasteiger partial charge in [0.25, 0.3) is 0 Å². The Morgan fingerprint density at radius 3 is 3.00 bits per heavy atom. The first-order chi connectivity index (χ1) is 9.63. The number of hydrogen-bond acceptors (Lipinski definition) is 4. The van der Waals surface area contributed by atoms with Crippen LogP contribution in [0.15, 0.2) is 40.7 Å². The lowest BCUT2D eigenvalue weighted by atomic mass is 10.2. The van der Waals surface area contributed by atoms with Crippen molar-refractivity contribution in [3.05, 3.63) is 52.8 Å². The van der Waals surface area contributed by atoms with Crippen molar-refractivity contribution in [1.29, 1.82) is 0 Å². The summed E-state index contributed by atoms with van der Waals surface area (Å²) in [6.45, 7) is 0. The molecule has 0 radical (unpaired) electrons. The number of fused-ring (bicyclic) bond motifs is 1. The largest absolute Gasteiger partial charge is 0.399 e. The number of halogens is 2. The number of rotatable bonds is 3. The number of benzene rings is 2. The highest BCUT2D eigenvalue weighted by Gasteiger charge is 2.09. The second-order valence-electron chi connectivity index (χ2n) is 4.21. The number of hydrogen-bond donors (Lipinski definition) is 1. The lowest BCUT2D eigenvalue weighted by Gasteiger charge is -2.02. The number of thiazole rings is 1. The smallest absolute Gasteiger partial charge is 0.151 e. The van der Waals surface area contributed by atoms with Gasteiger partial charge in [-0.3, -0.25) is 0 Å². The number of nitrogens with zero attached hydrogens (tertiary/aromatic N) is 1. The van der Waals surface area contributed by atoms with Crippen LogP contribution in [0.2, 0.25) is 5.02 Å². The molecule has 0 unspecified atom stereocenters. The van der Waals surface area contributed by atoms with E-state index in [2.05, 4.69) is 4.98 Å². The summed E-state index contributed by atoms with van der Waals surface area (Å²) in [5, 5.41) is 0.153. The fourth-order valence-corrected chi connectivity index (χ4v) is 4.07. The number of anilines is 1. The Balaban J connectivity index is 1.81. The lowest BCUT2D eigenvalue weighted by molar-refractivity contribution is 0.618. The molecule has 0 aliphatic carbocycles. The Kier molecular flexibility index (Phi) is 3.83. The average molecular weight is 325 g/mol. The van der Waals surface area contributed by atoms with Crippen LogP contribution < -0.4 is 5.73 Å². The van der Waals surface area contributed by atoms with Gasteiger partial charge in [0, 0.05) is 11.4 Å². The molecule has 0 spiro atoms. The fraction of sp³-hybridized carbons (Fsp3) is 0.0714. The summed E-state index contributed by atoms with van der Waals surface area (Å²) in [7, 11) is 0. The van der Waals surface area contributed by atoms with Crippen molar-refractivity contribution in [2.24, 2.45) is 0 Å². The van der Waals surface area contributed by atoms with Crippen molar-refractivity contribution in [2.45, 2.75) is 10.1 Å². The van der Waals surface area contributed by atoms with Crippen molar-refractivity contribution in [3.63, 3.8) is 0 Å². The van der Waals surface area contributed by atoms with Gasteiger partial charge in [-0.05, 0) is 29.8 Å². The summed E-state index contributed by atoms with van der Waals surface area (Å²) in [4.78, 5) is 4.49. The van der Waals surface area contributed by atoms with E-state index in [1.165, 1.54) is 11.8 Å². The summed E-state index contributed by atoms with van der Waals surface area (Å²) in [5.41, 5.74) is 7.96. The van der Waals surface area contributed by atoms with Crippen LogP contribution in [0.1, 0.15) is 5.56 Å². The Labute approximate surface area is 128 Å². The maximum absolute atomic E-state index is 13.8. The van der Waals surface area contributed by atoms with Crippen molar-refractivity contribution in [1.82, 2.24) is 4.98 Å². The second kappa shape index (κ2) is 5.60. The molecular weight excluding hydrogens is 315 g/mol. The van der Waals surface area contributed by atoms with Crippen LogP contribution in [0.4, 0.5) is 10.1 Å². The van der Waals surface area contributed by atoms with Gasteiger partial charge in [0.1, 0.15) is 5.82 Å². The minimum atomic E-state index is -0.355. The normalized spacial score (nSPS) is 11.1. The zero-order valence-corrected chi connectivity index (χ0v) is 12.7. The number of thioether (sulfide) groups is 1. The Morgan fingerprint density at radius 2 is 2.15 bits per heavy atom. The van der Waals surface area contributed by atoms with E-state index in [4.69, 9.17) is 17.3 Å². The zero-order valence-electron chi connectivity index (χ0n) is 10.3. The minimum Gasteiger partial charge on any atom is -0.399 e. The highest BCUT2D eigenvalue weighted by atomic mass is 35.5. The molecule has 0 atom stereocenters. The number of aromatic nitrogens is 1. The third-order valence-electron chi connectivity index (χ3n) is 2.78. The lowest BCUT2D eigenvalue weighted by Crippen LogP contribution is -1.88. The Morgan fingerprint density at radius 1 is 1.30 bits per heavy atom. The predicted molar refractivity (Wildman–Crippen MR) is 85.0 cm³/mol. The maximum Gasteiger partial charge on any atom is 0.151 e. The van der Waals surface area contributed by atoms with Crippen LogP contribution in [0.5, 0.6) is 0 Å². The predicted octanol–water partition coefficient (Wildman–Crippen LogP) is 4.96. The second-order valence-corrected chi connectivity index (χ2v) is 6.87. The van der Waals surface area contributed by atoms with E-state index in [0.717, 1.165) is 20.2 Å². The summed E-state index contributed by atoms with van der Waals surface area (Å²) in [6, 6.07) is 10.7. The first-order valence-electron chi connectivity index (χ1n) is 5.85. The molecule has 2 N–H and O–H groups in total. The standard InChI is InChI=1S/C14H10ClFN2S2/c15-10-3-1-2-8(13(10)16)7-19-14-18-11-5-4-9(17)6-12(11)20-14/h1-6H,7,17H2. The van der Waals surface area contributed by atoms with Crippen LogP contribution in [0.3, 0.4) is 0 Å². The number of nitrogens with two attached hydrogens (primary N) is 1. The molecule has 102 valence electrons. The minimum absolute atomic E-state index is 0.153. The SMILES string of the molecule is Nc1ccc2nc(SCc3cccc(Cl)c3F)sc2c1. The molecular formula is C14H10ClFN2S2. The highest BCUT2D eigenvalue weighted by Crippen LogP contribution is 2.33. The van der Waals surface area contributed by atoms with E-state index >= 15 is 0 Å². The maximum atomic E-state index is 13.8. The molecule has 0 saturated carbocycles. The van der Waals surface area contributed by atoms with Gasteiger partial charge in [-0.25, -0.2) is 9.37 Å². The third kappa shape index (κ3) is 2.75. The van der Waals surface area contributed by atoms with Crippen molar-refractivity contribution in [3.8, 4) is 0 Å². The van der Waals surface area contributed by atoms with Gasteiger partial charge in [-0.15, -0.1) is 11.3 Å². The van der Waals surface area contributed by atoms with Gasteiger partial charge in [-0.2, -0.15) is 0 Å². The number of nitrogen functional groups attached to an aromatic ring is 1. The molecule has 20 heavy (non-hydrogen) atoms. The van der Waals surface area contributed by atoms with Gasteiger partial charge in [0.2, 0.25) is 0 Å². The van der Waals surface area contributed by atoms with E-state index in [9.17, 15) is 4.39 Å². The van der Waals surface area contributed by atoms with Crippen LogP contribution in [0, 0.1) is 5.82 Å². The van der Waals surface area contributed by atoms with Crippen LogP contribution in [0.25, 0.3) is 10.2 Å². The molecule has 0 bridgehead atoms. The van der Waals surface area contributed by atoms with E-state index in [1.54, 1.807) is 29.5 Å². The van der Waals surface area contributed by atoms with E-state index in [0.29, 0.717) is 11.3 Å². The molecule has 0 aliphatic heterocycles. The van der Waals surface area contributed by atoms with Crippen LogP contribution in [-0.4, -0.2) is 4.98 Å². The monoisotopic (exact) mass is 324 g/mol. The van der Waals surface area contributed by atoms with Crippen LogP contribution >= 0.6 is 34.7 Å². The molecule has 6 heteroatoms. The molecule has 0 aliphatic rings. The van der Waals surface area contributed by atoms with E-state index < -0.39 is 0 Å². The quantitative estimate of drug-likeness (QED) is 0.546. The first kappa shape index (κ1) is 13.7. The molecule has 3 aromatic rings. The molecule has 0 saturated heterocycles. The first-order valence-corrected chi connectivity index (χ1v) is 8.03. The van der Waals surface area contributed by atoms with Crippen molar-refractivity contribution >= 4 is 50.6 Å². The van der Waals surface area contributed by atoms with Gasteiger partial charge in [-0.1, -0.05) is 35.5 Å². The molecule has 0 amide bonds. The van der Waals surface area contributed by atoms with Crippen molar-refractivity contribution < 1.29 is 4.39 Å². The fourth-order valence-electron chi connectivity index (χ4n) is 1.78. The van der Waals surface area contributed by atoms with Crippen molar-refractivity contribution in [2.75, 3.05) is 5.73 Å². The summed E-state index contributed by atoms with van der Waals surface area (Å²) >= 11 is 8.82. The molecule has 3 rings (SSSR count).